The molecule has 1 aromatic carbocycles. The van der Waals surface area contributed by atoms with E-state index in [1.807, 2.05) is 24.4 Å². The molecular weight excluding hydrogens is 304 g/mol. The molecule has 0 bridgehead atoms. The van der Waals surface area contributed by atoms with E-state index in [-0.39, 0.29) is 18.1 Å². The van der Waals surface area contributed by atoms with E-state index in [9.17, 15) is 4.79 Å². The van der Waals surface area contributed by atoms with Crippen LogP contribution in [0.1, 0.15) is 34.2 Å². The van der Waals surface area contributed by atoms with Gasteiger partial charge in [0.25, 0.3) is 5.91 Å². The van der Waals surface area contributed by atoms with E-state index in [1.54, 1.807) is 32.3 Å². The Morgan fingerprint density at radius 2 is 2.29 bits per heavy atom. The molecule has 1 fully saturated rings. The van der Waals surface area contributed by atoms with Crippen molar-refractivity contribution < 1.29 is 9.53 Å². The number of carbonyl (C=O) groups is 1. The van der Waals surface area contributed by atoms with Crippen LogP contribution in [0.2, 0.25) is 0 Å². The summed E-state index contributed by atoms with van der Waals surface area (Å²) in [5, 5.41) is 0. The van der Waals surface area contributed by atoms with Crippen LogP contribution in [0.4, 0.5) is 0 Å². The van der Waals surface area contributed by atoms with Crippen molar-refractivity contribution in [2.45, 2.75) is 25.1 Å². The minimum absolute atomic E-state index is 0.0237. The van der Waals surface area contributed by atoms with Crippen molar-refractivity contribution in [1.29, 1.82) is 0 Å². The number of imidazole rings is 1. The number of likely N-dealkylation sites (tertiary alicyclic amines) is 1. The maximum atomic E-state index is 12.2. The normalized spacial score (nSPS) is 21.1. The third kappa shape index (κ3) is 3.49. The standard InChI is InChI=1S/C18H24N4O2/c1-21(2)18(23)14-6-4-5-13(9-14)11-22-12-15(24-3)10-16(22)17-19-7-8-20-17/h4-9,15-16H,10-12H2,1-3H3,(H,19,20)/t15-,16?/m1/s1. The Hall–Kier alpha value is -2.18. The molecule has 0 spiro atoms. The van der Waals surface area contributed by atoms with Crippen molar-refractivity contribution in [2.75, 3.05) is 27.7 Å². The molecule has 2 atom stereocenters. The molecule has 2 aromatic rings. The average Bonchev–Trinajstić information content (AvgIpc) is 3.23. The number of aromatic nitrogens is 2. The zero-order valence-electron chi connectivity index (χ0n) is 14.4. The number of aromatic amines is 1. The van der Waals surface area contributed by atoms with Crippen LogP contribution in [0.5, 0.6) is 0 Å². The van der Waals surface area contributed by atoms with E-state index in [0.29, 0.717) is 0 Å². The van der Waals surface area contributed by atoms with Crippen LogP contribution in [0.25, 0.3) is 0 Å². The second-order valence-electron chi connectivity index (χ2n) is 6.41. The summed E-state index contributed by atoms with van der Waals surface area (Å²) < 4.78 is 5.56. The van der Waals surface area contributed by atoms with Gasteiger partial charge in [-0.15, -0.1) is 0 Å². The molecule has 1 aliphatic rings. The number of methoxy groups -OCH3 is 1. The number of benzene rings is 1. The number of hydrogen-bond acceptors (Lipinski definition) is 4. The van der Waals surface area contributed by atoms with Gasteiger partial charge in [0.15, 0.2) is 0 Å². The predicted octanol–water partition coefficient (Wildman–Crippen LogP) is 2.07. The van der Waals surface area contributed by atoms with Gasteiger partial charge in [0, 0.05) is 52.3 Å². The summed E-state index contributed by atoms with van der Waals surface area (Å²) in [6.45, 7) is 1.62. The van der Waals surface area contributed by atoms with Crippen LogP contribution in [0.15, 0.2) is 36.7 Å². The topological polar surface area (TPSA) is 61.5 Å². The number of amides is 1. The Morgan fingerprint density at radius 3 is 2.96 bits per heavy atom. The van der Waals surface area contributed by atoms with Crippen LogP contribution >= 0.6 is 0 Å². The summed E-state index contributed by atoms with van der Waals surface area (Å²) >= 11 is 0. The summed E-state index contributed by atoms with van der Waals surface area (Å²) in [6, 6.07) is 8.04. The van der Waals surface area contributed by atoms with Gasteiger partial charge in [-0.1, -0.05) is 12.1 Å². The Balaban J connectivity index is 1.79. The minimum Gasteiger partial charge on any atom is -0.380 e. The Kier molecular flexibility index (Phi) is 4.97. The number of nitrogens with zero attached hydrogens (tertiary/aromatic N) is 3. The van der Waals surface area contributed by atoms with Gasteiger partial charge < -0.3 is 14.6 Å². The molecule has 6 nitrogen and oxygen atoms in total. The van der Waals surface area contributed by atoms with Crippen LogP contribution < -0.4 is 0 Å². The fraction of sp³-hybridized carbons (Fsp3) is 0.444. The van der Waals surface area contributed by atoms with E-state index in [1.165, 1.54) is 0 Å². The molecule has 0 saturated carbocycles. The first-order valence-electron chi connectivity index (χ1n) is 8.15. The number of hydrogen-bond donors (Lipinski definition) is 1. The fourth-order valence-electron chi connectivity index (χ4n) is 3.25. The Bertz CT molecular complexity index is 684. The fourth-order valence-corrected chi connectivity index (χ4v) is 3.25. The van der Waals surface area contributed by atoms with Crippen molar-refractivity contribution in [3.8, 4) is 0 Å². The summed E-state index contributed by atoms with van der Waals surface area (Å²) in [6.07, 6.45) is 4.75. The van der Waals surface area contributed by atoms with Gasteiger partial charge in [-0.25, -0.2) is 4.98 Å². The highest BCUT2D eigenvalue weighted by molar-refractivity contribution is 5.94. The van der Waals surface area contributed by atoms with E-state index >= 15 is 0 Å². The molecule has 1 unspecified atom stereocenters. The molecule has 1 aliphatic heterocycles. The van der Waals surface area contributed by atoms with Crippen molar-refractivity contribution >= 4 is 5.91 Å². The zero-order valence-corrected chi connectivity index (χ0v) is 14.4. The maximum absolute atomic E-state index is 12.2. The Morgan fingerprint density at radius 1 is 1.46 bits per heavy atom. The molecule has 6 heteroatoms. The van der Waals surface area contributed by atoms with Crippen molar-refractivity contribution in [3.05, 3.63) is 53.6 Å². The summed E-state index contributed by atoms with van der Waals surface area (Å²) in [7, 11) is 5.29. The maximum Gasteiger partial charge on any atom is 0.253 e. The van der Waals surface area contributed by atoms with E-state index in [4.69, 9.17) is 4.74 Å². The van der Waals surface area contributed by atoms with E-state index in [0.717, 1.165) is 36.5 Å². The number of rotatable bonds is 5. The number of nitrogens with one attached hydrogen (secondary N) is 1. The molecular formula is C18H24N4O2. The highest BCUT2D eigenvalue weighted by Gasteiger charge is 2.34. The lowest BCUT2D eigenvalue weighted by atomic mass is 10.1. The molecule has 1 aromatic heterocycles. The molecule has 1 saturated heterocycles. The van der Waals surface area contributed by atoms with Crippen LogP contribution in [0.3, 0.4) is 0 Å². The third-order valence-corrected chi connectivity index (χ3v) is 4.50. The monoisotopic (exact) mass is 328 g/mol. The second kappa shape index (κ2) is 7.15. The van der Waals surface area contributed by atoms with Crippen LogP contribution in [-0.2, 0) is 11.3 Å². The number of H-pyrrole nitrogens is 1. The second-order valence-corrected chi connectivity index (χ2v) is 6.41. The van der Waals surface area contributed by atoms with Crippen LogP contribution in [-0.4, -0.2) is 59.5 Å². The first-order valence-corrected chi connectivity index (χ1v) is 8.15. The molecule has 3 rings (SSSR count). The van der Waals surface area contributed by atoms with Gasteiger partial charge in [-0.3, -0.25) is 9.69 Å². The largest absolute Gasteiger partial charge is 0.380 e. The van der Waals surface area contributed by atoms with E-state index < -0.39 is 0 Å². The molecule has 128 valence electrons. The number of carbonyl (C=O) groups excluding carboxylic acids is 1. The molecule has 0 aliphatic carbocycles. The lowest BCUT2D eigenvalue weighted by molar-refractivity contribution is 0.0827. The predicted molar refractivity (Wildman–Crippen MR) is 91.6 cm³/mol. The minimum atomic E-state index is 0.0237. The summed E-state index contributed by atoms with van der Waals surface area (Å²) in [5.41, 5.74) is 1.84. The average molecular weight is 328 g/mol. The van der Waals surface area contributed by atoms with Gasteiger partial charge in [0.2, 0.25) is 0 Å². The third-order valence-electron chi connectivity index (χ3n) is 4.50. The molecule has 1 N–H and O–H groups in total. The molecule has 0 radical (unpaired) electrons. The first kappa shape index (κ1) is 16.7. The molecule has 2 heterocycles. The van der Waals surface area contributed by atoms with E-state index in [2.05, 4.69) is 20.9 Å². The van der Waals surface area contributed by atoms with Gasteiger partial charge in [-0.05, 0) is 24.1 Å². The SMILES string of the molecule is CO[C@@H]1CC(c2ncc[nH]2)N(Cc2cccc(C(=O)N(C)C)c2)C1. The quantitative estimate of drug-likeness (QED) is 0.913. The highest BCUT2D eigenvalue weighted by Crippen LogP contribution is 2.32. The lowest BCUT2D eigenvalue weighted by Gasteiger charge is -2.23. The van der Waals surface area contributed by atoms with Crippen molar-refractivity contribution in [2.24, 2.45) is 0 Å². The van der Waals surface area contributed by atoms with Gasteiger partial charge in [0.05, 0.1) is 12.1 Å². The van der Waals surface area contributed by atoms with Crippen LogP contribution in [0, 0.1) is 0 Å². The first-order chi connectivity index (χ1) is 11.6. The van der Waals surface area contributed by atoms with Crippen molar-refractivity contribution in [1.82, 2.24) is 19.8 Å². The number of ether oxygens (including phenoxy) is 1. The molecule has 24 heavy (non-hydrogen) atoms. The summed E-state index contributed by atoms with van der Waals surface area (Å²) in [4.78, 5) is 23.7. The van der Waals surface area contributed by atoms with Gasteiger partial charge in [-0.2, -0.15) is 0 Å². The highest BCUT2D eigenvalue weighted by atomic mass is 16.5. The summed E-state index contributed by atoms with van der Waals surface area (Å²) in [5.74, 6) is 0.991. The van der Waals surface area contributed by atoms with Gasteiger partial charge >= 0.3 is 0 Å². The molecule has 1 amide bonds. The van der Waals surface area contributed by atoms with Gasteiger partial charge in [0.1, 0.15) is 5.82 Å². The van der Waals surface area contributed by atoms with Crippen molar-refractivity contribution in [3.63, 3.8) is 0 Å². The zero-order chi connectivity index (χ0) is 17.1. The Labute approximate surface area is 142 Å². The lowest BCUT2D eigenvalue weighted by Crippen LogP contribution is -2.26. The smallest absolute Gasteiger partial charge is 0.253 e.